The first-order valence-electron chi connectivity index (χ1n) is 7.52. The van der Waals surface area contributed by atoms with Crippen molar-refractivity contribution in [2.24, 2.45) is 0 Å². The van der Waals surface area contributed by atoms with E-state index >= 15 is 0 Å². The van der Waals surface area contributed by atoms with Crippen LogP contribution >= 0.6 is 0 Å². The second kappa shape index (κ2) is 6.76. The van der Waals surface area contributed by atoms with Crippen LogP contribution in [0.4, 0.5) is 24.9 Å². The Balaban J connectivity index is 2.15. The molecular formula is C19H13F3N4. The number of anilines is 2. The minimum atomic E-state index is -4.48. The third kappa shape index (κ3) is 3.75. The van der Waals surface area contributed by atoms with Gasteiger partial charge >= 0.3 is 6.18 Å². The van der Waals surface area contributed by atoms with Crippen molar-refractivity contribution >= 4 is 11.8 Å². The number of aromatic nitrogens is 2. The number of halogens is 3. The minimum Gasteiger partial charge on any atom is -0.382 e. The number of hydrogen-bond acceptors (Lipinski definition) is 4. The van der Waals surface area contributed by atoms with Crippen molar-refractivity contribution in [1.29, 1.82) is 0 Å². The molecule has 4 nitrogen and oxygen atoms in total. The van der Waals surface area contributed by atoms with Crippen molar-refractivity contribution in [3.05, 3.63) is 71.3 Å². The maximum absolute atomic E-state index is 13.0. The van der Waals surface area contributed by atoms with Crippen LogP contribution in [0.1, 0.15) is 16.7 Å². The van der Waals surface area contributed by atoms with Crippen LogP contribution in [-0.2, 0) is 6.18 Å². The van der Waals surface area contributed by atoms with Gasteiger partial charge in [-0.15, -0.1) is 0 Å². The number of rotatable bonds is 1. The molecule has 1 heterocycles. The van der Waals surface area contributed by atoms with Crippen LogP contribution in [0.15, 0.2) is 54.6 Å². The summed E-state index contributed by atoms with van der Waals surface area (Å²) < 4.78 is 39.0. The molecule has 0 fully saturated rings. The summed E-state index contributed by atoms with van der Waals surface area (Å²) in [6.45, 7) is 0. The van der Waals surface area contributed by atoms with Gasteiger partial charge in [0, 0.05) is 11.1 Å². The van der Waals surface area contributed by atoms with Crippen molar-refractivity contribution in [3.8, 4) is 23.1 Å². The first-order chi connectivity index (χ1) is 12.3. The molecule has 0 bridgehead atoms. The van der Waals surface area contributed by atoms with Crippen molar-refractivity contribution in [2.75, 3.05) is 11.5 Å². The highest BCUT2D eigenvalue weighted by atomic mass is 19.4. The molecule has 0 aliphatic heterocycles. The summed E-state index contributed by atoms with van der Waals surface area (Å²) in [4.78, 5) is 7.92. The standard InChI is InChI=1S/C19H13F3N4/c20-19(21,22)14-8-4-7-13(11-14)16-15(17(23)26-18(24)25-16)10-9-12-5-2-1-3-6-12/h1-8,11H,(H4,23,24,25,26). The van der Waals surface area contributed by atoms with E-state index in [4.69, 9.17) is 11.5 Å². The SMILES string of the molecule is Nc1nc(N)c(C#Cc2ccccc2)c(-c2cccc(C(F)(F)F)c2)n1. The number of nitrogens with two attached hydrogens (primary N) is 2. The Labute approximate surface area is 147 Å². The number of nitrogen functional groups attached to an aromatic ring is 2. The number of hydrogen-bond donors (Lipinski definition) is 2. The van der Waals surface area contributed by atoms with Crippen LogP contribution in [0.3, 0.4) is 0 Å². The van der Waals surface area contributed by atoms with E-state index < -0.39 is 11.7 Å². The second-order valence-corrected chi connectivity index (χ2v) is 5.39. The maximum atomic E-state index is 13.0. The van der Waals surface area contributed by atoms with Gasteiger partial charge in [0.05, 0.1) is 16.8 Å². The maximum Gasteiger partial charge on any atom is 0.416 e. The summed E-state index contributed by atoms with van der Waals surface area (Å²) in [5.74, 6) is 5.62. The van der Waals surface area contributed by atoms with Crippen molar-refractivity contribution in [1.82, 2.24) is 9.97 Å². The van der Waals surface area contributed by atoms with Gasteiger partial charge in [0.15, 0.2) is 0 Å². The molecule has 0 amide bonds. The zero-order chi connectivity index (χ0) is 18.7. The predicted octanol–water partition coefficient (Wildman–Crippen LogP) is 3.73. The van der Waals surface area contributed by atoms with Gasteiger partial charge in [-0.1, -0.05) is 42.2 Å². The fraction of sp³-hybridized carbons (Fsp3) is 0.0526. The lowest BCUT2D eigenvalue weighted by atomic mass is 10.0. The quantitative estimate of drug-likeness (QED) is 0.653. The fourth-order valence-corrected chi connectivity index (χ4v) is 2.33. The number of benzene rings is 2. The first-order valence-corrected chi connectivity index (χ1v) is 7.52. The lowest BCUT2D eigenvalue weighted by molar-refractivity contribution is -0.137. The second-order valence-electron chi connectivity index (χ2n) is 5.39. The Morgan fingerprint density at radius 1 is 0.846 bits per heavy atom. The van der Waals surface area contributed by atoms with Crippen LogP contribution in [0.25, 0.3) is 11.3 Å². The van der Waals surface area contributed by atoms with E-state index in [0.717, 1.165) is 17.7 Å². The first kappa shape index (κ1) is 17.3. The van der Waals surface area contributed by atoms with Gasteiger partial charge in [-0.05, 0) is 24.3 Å². The third-order valence-corrected chi connectivity index (χ3v) is 3.52. The van der Waals surface area contributed by atoms with Gasteiger partial charge in [0.25, 0.3) is 0 Å². The highest BCUT2D eigenvalue weighted by Gasteiger charge is 2.30. The van der Waals surface area contributed by atoms with E-state index in [9.17, 15) is 13.2 Å². The molecular weight excluding hydrogens is 341 g/mol. The minimum absolute atomic E-state index is 0.00772. The predicted molar refractivity (Wildman–Crippen MR) is 93.7 cm³/mol. The normalized spacial score (nSPS) is 10.9. The van der Waals surface area contributed by atoms with Gasteiger partial charge in [-0.2, -0.15) is 18.2 Å². The topological polar surface area (TPSA) is 77.8 Å². The van der Waals surface area contributed by atoms with Crippen LogP contribution in [0.2, 0.25) is 0 Å². The van der Waals surface area contributed by atoms with Crippen molar-refractivity contribution in [3.63, 3.8) is 0 Å². The average molecular weight is 354 g/mol. The molecule has 130 valence electrons. The van der Waals surface area contributed by atoms with Gasteiger partial charge in [-0.3, -0.25) is 0 Å². The molecule has 0 saturated carbocycles. The molecule has 2 aromatic carbocycles. The zero-order valence-corrected chi connectivity index (χ0v) is 13.4. The highest BCUT2D eigenvalue weighted by Crippen LogP contribution is 2.33. The highest BCUT2D eigenvalue weighted by molar-refractivity contribution is 5.74. The summed E-state index contributed by atoms with van der Waals surface area (Å²) in [5.41, 5.74) is 12.0. The molecule has 0 atom stereocenters. The van der Waals surface area contributed by atoms with Gasteiger partial charge in [0.2, 0.25) is 5.95 Å². The molecule has 3 rings (SSSR count). The fourth-order valence-electron chi connectivity index (χ4n) is 2.33. The lowest BCUT2D eigenvalue weighted by Crippen LogP contribution is -2.07. The number of alkyl halides is 3. The zero-order valence-electron chi connectivity index (χ0n) is 13.4. The smallest absolute Gasteiger partial charge is 0.382 e. The van der Waals surface area contributed by atoms with E-state index in [-0.39, 0.29) is 28.6 Å². The van der Waals surface area contributed by atoms with Gasteiger partial charge in [-0.25, -0.2) is 4.98 Å². The summed E-state index contributed by atoms with van der Waals surface area (Å²) >= 11 is 0. The van der Waals surface area contributed by atoms with Crippen LogP contribution in [-0.4, -0.2) is 9.97 Å². The van der Waals surface area contributed by atoms with Crippen LogP contribution < -0.4 is 11.5 Å². The molecule has 0 unspecified atom stereocenters. The Kier molecular flexibility index (Phi) is 4.50. The van der Waals surface area contributed by atoms with Crippen molar-refractivity contribution < 1.29 is 13.2 Å². The van der Waals surface area contributed by atoms with E-state index in [1.807, 2.05) is 18.2 Å². The van der Waals surface area contributed by atoms with Crippen molar-refractivity contribution in [2.45, 2.75) is 6.18 Å². The molecule has 0 spiro atoms. The molecule has 4 N–H and O–H groups in total. The van der Waals surface area contributed by atoms with E-state index in [0.29, 0.717) is 0 Å². The van der Waals surface area contributed by atoms with Crippen LogP contribution in [0.5, 0.6) is 0 Å². The Morgan fingerprint density at radius 3 is 2.27 bits per heavy atom. The molecule has 0 aliphatic rings. The lowest BCUT2D eigenvalue weighted by Gasteiger charge is -2.11. The molecule has 26 heavy (non-hydrogen) atoms. The summed E-state index contributed by atoms with van der Waals surface area (Å²) in [5, 5.41) is 0. The molecule has 7 heteroatoms. The molecule has 3 aromatic rings. The molecule has 1 aromatic heterocycles. The van der Waals surface area contributed by atoms with E-state index in [1.54, 1.807) is 12.1 Å². The van der Waals surface area contributed by atoms with Gasteiger partial charge < -0.3 is 11.5 Å². The monoisotopic (exact) mass is 354 g/mol. The Bertz CT molecular complexity index is 1000. The molecule has 0 saturated heterocycles. The van der Waals surface area contributed by atoms with E-state index in [2.05, 4.69) is 21.8 Å². The van der Waals surface area contributed by atoms with E-state index in [1.165, 1.54) is 12.1 Å². The Morgan fingerprint density at radius 2 is 1.58 bits per heavy atom. The summed E-state index contributed by atoms with van der Waals surface area (Å²) in [7, 11) is 0. The third-order valence-electron chi connectivity index (χ3n) is 3.52. The number of nitrogens with zero attached hydrogens (tertiary/aromatic N) is 2. The average Bonchev–Trinajstić information content (AvgIpc) is 2.60. The summed E-state index contributed by atoms with van der Waals surface area (Å²) in [6.07, 6.45) is -4.48. The molecule has 0 radical (unpaired) electrons. The van der Waals surface area contributed by atoms with Crippen LogP contribution in [0, 0.1) is 11.8 Å². The van der Waals surface area contributed by atoms with Gasteiger partial charge in [0.1, 0.15) is 5.82 Å². The largest absolute Gasteiger partial charge is 0.416 e. The molecule has 0 aliphatic carbocycles. The Hall–Kier alpha value is -3.53. The summed E-state index contributed by atoms with van der Waals surface area (Å²) in [6, 6.07) is 13.8.